The highest BCUT2D eigenvalue weighted by atomic mass is 16.3. The third-order valence-corrected chi connectivity index (χ3v) is 2.79. The molecule has 4 heteroatoms. The zero-order chi connectivity index (χ0) is 13.5. The van der Waals surface area contributed by atoms with E-state index in [4.69, 9.17) is 4.42 Å². The highest BCUT2D eigenvalue weighted by Crippen LogP contribution is 2.18. The Morgan fingerprint density at radius 3 is 2.58 bits per heavy atom. The lowest BCUT2D eigenvalue weighted by Crippen LogP contribution is -2.37. The number of nitrogens with zero attached hydrogens (tertiary/aromatic N) is 1. The molecule has 0 atom stereocenters. The molecular formula is C15H21N3O. The van der Waals surface area contributed by atoms with Crippen LogP contribution in [0.25, 0.3) is 11.0 Å². The number of rotatable bonds is 5. The fourth-order valence-electron chi connectivity index (χ4n) is 1.95. The van der Waals surface area contributed by atoms with Gasteiger partial charge in [-0.15, -0.1) is 0 Å². The first-order valence-electron chi connectivity index (χ1n) is 6.83. The zero-order valence-electron chi connectivity index (χ0n) is 11.6. The van der Waals surface area contributed by atoms with Crippen LogP contribution in [0, 0.1) is 0 Å². The lowest BCUT2D eigenvalue weighted by molar-refractivity contribution is 0.550. The van der Waals surface area contributed by atoms with E-state index in [9.17, 15) is 0 Å². The summed E-state index contributed by atoms with van der Waals surface area (Å²) >= 11 is 0. The summed E-state index contributed by atoms with van der Waals surface area (Å²) < 4.78 is 5.76. The largest absolute Gasteiger partial charge is 0.461 e. The van der Waals surface area contributed by atoms with Gasteiger partial charge in [0.2, 0.25) is 0 Å². The van der Waals surface area contributed by atoms with Crippen LogP contribution in [0.1, 0.15) is 19.6 Å². The molecule has 1 aromatic carbocycles. The normalized spacial score (nSPS) is 10.4. The molecule has 0 unspecified atom stereocenters. The second kappa shape index (κ2) is 6.83. The van der Waals surface area contributed by atoms with Gasteiger partial charge in [0.1, 0.15) is 11.3 Å². The molecule has 0 saturated carbocycles. The third-order valence-electron chi connectivity index (χ3n) is 2.79. The van der Waals surface area contributed by atoms with E-state index in [1.165, 1.54) is 0 Å². The smallest absolute Gasteiger partial charge is 0.191 e. The predicted molar refractivity (Wildman–Crippen MR) is 79.6 cm³/mol. The SMILES string of the molecule is CCNC(=NCCc1cc2ccccc2o1)NCC. The second-order valence-electron chi connectivity index (χ2n) is 4.29. The number of benzene rings is 1. The summed E-state index contributed by atoms with van der Waals surface area (Å²) in [6.45, 7) is 6.58. The Balaban J connectivity index is 1.95. The maximum Gasteiger partial charge on any atom is 0.191 e. The lowest BCUT2D eigenvalue weighted by atomic mass is 10.2. The molecule has 0 spiro atoms. The van der Waals surface area contributed by atoms with Crippen molar-refractivity contribution in [2.45, 2.75) is 20.3 Å². The maximum atomic E-state index is 5.76. The number of fused-ring (bicyclic) bond motifs is 1. The minimum Gasteiger partial charge on any atom is -0.461 e. The van der Waals surface area contributed by atoms with Gasteiger partial charge in [-0.05, 0) is 26.0 Å². The van der Waals surface area contributed by atoms with Gasteiger partial charge in [0.05, 0.1) is 0 Å². The van der Waals surface area contributed by atoms with E-state index in [1.54, 1.807) is 0 Å². The summed E-state index contributed by atoms with van der Waals surface area (Å²) in [5.41, 5.74) is 0.945. The van der Waals surface area contributed by atoms with Gasteiger partial charge in [-0.1, -0.05) is 18.2 Å². The van der Waals surface area contributed by atoms with Gasteiger partial charge in [0, 0.05) is 31.4 Å². The van der Waals surface area contributed by atoms with Crippen LogP contribution in [-0.4, -0.2) is 25.6 Å². The molecule has 4 nitrogen and oxygen atoms in total. The molecule has 1 aromatic heterocycles. The van der Waals surface area contributed by atoms with Gasteiger partial charge in [-0.2, -0.15) is 0 Å². The van der Waals surface area contributed by atoms with Crippen molar-refractivity contribution in [2.75, 3.05) is 19.6 Å². The van der Waals surface area contributed by atoms with Crippen LogP contribution in [0.15, 0.2) is 39.7 Å². The van der Waals surface area contributed by atoms with E-state index in [2.05, 4.69) is 41.6 Å². The Labute approximate surface area is 113 Å². The van der Waals surface area contributed by atoms with Crippen molar-refractivity contribution < 1.29 is 4.42 Å². The summed E-state index contributed by atoms with van der Waals surface area (Å²) in [6.07, 6.45) is 0.814. The third kappa shape index (κ3) is 3.74. The van der Waals surface area contributed by atoms with Crippen molar-refractivity contribution in [2.24, 2.45) is 4.99 Å². The number of guanidine groups is 1. The van der Waals surface area contributed by atoms with E-state index in [0.717, 1.165) is 48.7 Å². The zero-order valence-corrected chi connectivity index (χ0v) is 11.6. The van der Waals surface area contributed by atoms with Crippen molar-refractivity contribution >= 4 is 16.9 Å². The van der Waals surface area contributed by atoms with Gasteiger partial charge in [0.15, 0.2) is 5.96 Å². The highest BCUT2D eigenvalue weighted by molar-refractivity contribution is 5.79. The standard InChI is InChI=1S/C15H21N3O/c1-3-16-15(17-4-2)18-10-9-13-11-12-7-5-6-8-14(12)19-13/h5-8,11H,3-4,9-10H2,1-2H3,(H2,16,17,18). The van der Waals surface area contributed by atoms with Crippen molar-refractivity contribution in [3.63, 3.8) is 0 Å². The van der Waals surface area contributed by atoms with Gasteiger partial charge in [0.25, 0.3) is 0 Å². The van der Waals surface area contributed by atoms with Crippen molar-refractivity contribution in [1.29, 1.82) is 0 Å². The summed E-state index contributed by atoms with van der Waals surface area (Å²) in [4.78, 5) is 4.50. The van der Waals surface area contributed by atoms with Gasteiger partial charge in [-0.25, -0.2) is 0 Å². The summed E-state index contributed by atoms with van der Waals surface area (Å²) in [7, 11) is 0. The van der Waals surface area contributed by atoms with E-state index in [-0.39, 0.29) is 0 Å². The predicted octanol–water partition coefficient (Wildman–Crippen LogP) is 2.55. The quantitative estimate of drug-likeness (QED) is 0.641. The molecule has 0 aliphatic carbocycles. The molecule has 0 fully saturated rings. The van der Waals surface area contributed by atoms with E-state index < -0.39 is 0 Å². The van der Waals surface area contributed by atoms with E-state index in [1.807, 2.05) is 18.2 Å². The summed E-state index contributed by atoms with van der Waals surface area (Å²) in [6, 6.07) is 10.2. The molecule has 102 valence electrons. The van der Waals surface area contributed by atoms with Crippen molar-refractivity contribution in [3.05, 3.63) is 36.1 Å². The number of para-hydroxylation sites is 1. The van der Waals surface area contributed by atoms with Crippen LogP contribution < -0.4 is 10.6 Å². The Kier molecular flexibility index (Phi) is 4.84. The molecule has 0 aliphatic heterocycles. The van der Waals surface area contributed by atoms with Crippen molar-refractivity contribution in [3.8, 4) is 0 Å². The Hall–Kier alpha value is -1.97. The molecule has 2 rings (SSSR count). The van der Waals surface area contributed by atoms with Crippen LogP contribution in [-0.2, 0) is 6.42 Å². The van der Waals surface area contributed by atoms with Crippen molar-refractivity contribution in [1.82, 2.24) is 10.6 Å². The molecule has 0 aliphatic rings. The van der Waals surface area contributed by atoms with Gasteiger partial charge < -0.3 is 15.1 Å². The fraction of sp³-hybridized carbons (Fsp3) is 0.400. The number of hydrogen-bond acceptors (Lipinski definition) is 2. The first-order valence-corrected chi connectivity index (χ1v) is 6.83. The van der Waals surface area contributed by atoms with Crippen LogP contribution in [0.3, 0.4) is 0 Å². The average Bonchev–Trinajstić information content (AvgIpc) is 2.82. The molecule has 19 heavy (non-hydrogen) atoms. The number of furan rings is 1. The first-order chi connectivity index (χ1) is 9.33. The Bertz CT molecular complexity index is 504. The van der Waals surface area contributed by atoms with E-state index >= 15 is 0 Å². The topological polar surface area (TPSA) is 49.6 Å². The highest BCUT2D eigenvalue weighted by Gasteiger charge is 2.02. The molecule has 2 N–H and O–H groups in total. The van der Waals surface area contributed by atoms with Gasteiger partial charge >= 0.3 is 0 Å². The number of nitrogens with one attached hydrogen (secondary N) is 2. The summed E-state index contributed by atoms with van der Waals surface area (Å²) in [5, 5.41) is 7.56. The molecular weight excluding hydrogens is 238 g/mol. The Morgan fingerprint density at radius 2 is 1.89 bits per heavy atom. The van der Waals surface area contributed by atoms with Gasteiger partial charge in [-0.3, -0.25) is 4.99 Å². The van der Waals surface area contributed by atoms with E-state index in [0.29, 0.717) is 0 Å². The van der Waals surface area contributed by atoms with Crippen LogP contribution in [0.5, 0.6) is 0 Å². The molecule has 0 amide bonds. The van der Waals surface area contributed by atoms with Crippen LogP contribution in [0.4, 0.5) is 0 Å². The monoisotopic (exact) mass is 259 g/mol. The second-order valence-corrected chi connectivity index (χ2v) is 4.29. The summed E-state index contributed by atoms with van der Waals surface area (Å²) in [5.74, 6) is 1.85. The molecule has 2 aromatic rings. The molecule has 0 radical (unpaired) electrons. The Morgan fingerprint density at radius 1 is 1.16 bits per heavy atom. The molecule has 1 heterocycles. The fourth-order valence-corrected chi connectivity index (χ4v) is 1.95. The maximum absolute atomic E-state index is 5.76. The molecule has 0 saturated heterocycles. The number of aliphatic imine (C=N–C) groups is 1. The van der Waals surface area contributed by atoms with Crippen LogP contribution in [0.2, 0.25) is 0 Å². The first kappa shape index (κ1) is 13.5. The van der Waals surface area contributed by atoms with Crippen LogP contribution >= 0.6 is 0 Å². The number of hydrogen-bond donors (Lipinski definition) is 2. The minimum absolute atomic E-state index is 0.717. The average molecular weight is 259 g/mol. The minimum atomic E-state index is 0.717. The molecule has 0 bridgehead atoms. The lowest BCUT2D eigenvalue weighted by Gasteiger charge is -2.08.